The molecule has 12 heteroatoms. The first-order valence-electron chi connectivity index (χ1n) is 18.0. The Morgan fingerprint density at radius 1 is 0.455 bits per heavy atom. The first-order valence-corrected chi connectivity index (χ1v) is 32.7. The molecule has 0 aromatic carbocycles. The van der Waals surface area contributed by atoms with Gasteiger partial charge in [0.2, 0.25) is 0 Å². The van der Waals surface area contributed by atoms with E-state index in [1.165, 1.54) is 89.9 Å². The molecular formula is C32H76O7Si5. The van der Waals surface area contributed by atoms with Gasteiger partial charge in [0.25, 0.3) is 0 Å². The smallest absolute Gasteiger partial charge is 0.317 e. The number of hydrogen-bond acceptors (Lipinski definition) is 7. The van der Waals surface area contributed by atoms with Crippen LogP contribution in [0.3, 0.4) is 0 Å². The quantitative estimate of drug-likeness (QED) is 0.0435. The van der Waals surface area contributed by atoms with Crippen molar-refractivity contribution in [3.63, 3.8) is 0 Å². The lowest BCUT2D eigenvalue weighted by Gasteiger charge is -2.44. The maximum atomic E-state index is 9.12. The molecule has 7 nitrogen and oxygen atoms in total. The van der Waals surface area contributed by atoms with E-state index in [2.05, 4.69) is 72.4 Å². The molecule has 2 N–H and O–H groups in total. The fraction of sp³-hybridized carbons (Fsp3) is 1.00. The molecule has 0 aliphatic heterocycles. The second-order valence-electron chi connectivity index (χ2n) is 15.7. The fourth-order valence-electron chi connectivity index (χ4n) is 6.13. The first-order chi connectivity index (χ1) is 20.3. The number of unbranched alkanes of at least 4 members (excludes halogenated alkanes) is 14. The Bertz CT molecular complexity index is 703. The second-order valence-corrected chi connectivity index (χ2v) is 35.7. The fourth-order valence-corrected chi connectivity index (χ4v) is 30.0. The molecule has 0 amide bonds. The minimum Gasteiger partial charge on any atom is -0.437 e. The van der Waals surface area contributed by atoms with Crippen molar-refractivity contribution in [3.8, 4) is 0 Å². The standard InChI is InChI=1S/C32H76O7Si5/c1-12-13-14-15-16-17-18-19-20-21-22-23-24-25-26-29-44(11,38-42(8,9)36-40(2,3)4)39-43(10,37-41(5,6)7)30-27-28-35-31-32(33)34/h32-34H,12-31H2,1-11H3. The highest BCUT2D eigenvalue weighted by Crippen LogP contribution is 2.32. The third-order valence-corrected chi connectivity index (χ3v) is 25.7. The number of aliphatic hydroxyl groups excluding tert-OH is 1. The third-order valence-electron chi connectivity index (χ3n) is 7.39. The normalized spacial score (nSPS) is 16.0. The molecule has 0 spiro atoms. The van der Waals surface area contributed by atoms with Gasteiger partial charge in [-0.3, -0.25) is 0 Å². The molecule has 0 heterocycles. The van der Waals surface area contributed by atoms with Gasteiger partial charge in [-0.2, -0.15) is 0 Å². The molecule has 0 aromatic heterocycles. The highest BCUT2D eigenvalue weighted by molar-refractivity contribution is 6.90. The molecule has 0 aliphatic rings. The van der Waals surface area contributed by atoms with E-state index in [1.807, 2.05) is 0 Å². The van der Waals surface area contributed by atoms with Crippen molar-refractivity contribution in [3.05, 3.63) is 0 Å². The van der Waals surface area contributed by atoms with E-state index >= 15 is 0 Å². The number of aliphatic hydroxyl groups is 2. The van der Waals surface area contributed by atoms with Crippen LogP contribution in [0.5, 0.6) is 0 Å². The van der Waals surface area contributed by atoms with Gasteiger partial charge in [0, 0.05) is 6.61 Å². The average Bonchev–Trinajstić information content (AvgIpc) is 2.82. The van der Waals surface area contributed by atoms with Crippen LogP contribution >= 0.6 is 0 Å². The van der Waals surface area contributed by atoms with Gasteiger partial charge in [0.1, 0.15) is 0 Å². The van der Waals surface area contributed by atoms with Crippen LogP contribution in [0.25, 0.3) is 0 Å². The van der Waals surface area contributed by atoms with Gasteiger partial charge >= 0.3 is 25.7 Å². The molecule has 0 aromatic rings. The zero-order chi connectivity index (χ0) is 33.8. The van der Waals surface area contributed by atoms with Crippen molar-refractivity contribution < 1.29 is 31.4 Å². The van der Waals surface area contributed by atoms with Gasteiger partial charge in [-0.25, -0.2) is 0 Å². The van der Waals surface area contributed by atoms with Crippen molar-refractivity contribution in [2.45, 2.75) is 194 Å². The summed E-state index contributed by atoms with van der Waals surface area (Å²) in [6.45, 7) is 24.8. The maximum absolute atomic E-state index is 9.12. The van der Waals surface area contributed by atoms with Gasteiger partial charge in [-0.05, 0) is 84.0 Å². The molecule has 266 valence electrons. The highest BCUT2D eigenvalue weighted by atomic mass is 28.5. The summed E-state index contributed by atoms with van der Waals surface area (Å²) in [4.78, 5) is 0. The monoisotopic (exact) mass is 712 g/mol. The molecule has 0 rings (SSSR count). The lowest BCUT2D eigenvalue weighted by atomic mass is 10.0. The summed E-state index contributed by atoms with van der Waals surface area (Å²) in [5.74, 6) is 0. The van der Waals surface area contributed by atoms with Crippen molar-refractivity contribution >= 4 is 42.3 Å². The van der Waals surface area contributed by atoms with Crippen molar-refractivity contribution in [2.24, 2.45) is 0 Å². The second kappa shape index (κ2) is 23.2. The van der Waals surface area contributed by atoms with E-state index in [-0.39, 0.29) is 6.61 Å². The summed E-state index contributed by atoms with van der Waals surface area (Å²) in [5, 5.41) is 18.2. The van der Waals surface area contributed by atoms with Crippen LogP contribution in [0.15, 0.2) is 0 Å². The van der Waals surface area contributed by atoms with Crippen molar-refractivity contribution in [2.75, 3.05) is 13.2 Å². The molecule has 0 radical (unpaired) electrons. The zero-order valence-corrected chi connectivity index (χ0v) is 36.2. The maximum Gasteiger partial charge on any atom is 0.317 e. The van der Waals surface area contributed by atoms with Crippen LogP contribution in [-0.4, -0.2) is 72.0 Å². The van der Waals surface area contributed by atoms with Gasteiger partial charge < -0.3 is 31.4 Å². The van der Waals surface area contributed by atoms with Crippen LogP contribution in [0.1, 0.15) is 110 Å². The van der Waals surface area contributed by atoms with Crippen LogP contribution < -0.4 is 0 Å². The predicted octanol–water partition coefficient (Wildman–Crippen LogP) is 10.2. The molecule has 0 saturated heterocycles. The van der Waals surface area contributed by atoms with Crippen LogP contribution in [0, 0.1) is 0 Å². The number of ether oxygens (including phenoxy) is 1. The Labute approximate surface area is 279 Å². The Morgan fingerprint density at radius 3 is 1.25 bits per heavy atom. The summed E-state index contributed by atoms with van der Waals surface area (Å²) in [6, 6.07) is 1.75. The summed E-state index contributed by atoms with van der Waals surface area (Å²) in [6.07, 6.45) is 19.6. The van der Waals surface area contributed by atoms with Gasteiger partial charge in [0.05, 0.1) is 6.61 Å². The zero-order valence-electron chi connectivity index (χ0n) is 31.2. The Kier molecular flexibility index (Phi) is 23.6. The SMILES string of the molecule is CCCCCCCCCCCCCCCCC[Si](C)(O[Si](C)(C)O[Si](C)(C)C)O[Si](C)(CCCOCC(O)O)O[Si](C)(C)C. The van der Waals surface area contributed by atoms with Crippen molar-refractivity contribution in [1.82, 2.24) is 0 Å². The van der Waals surface area contributed by atoms with E-state index in [0.29, 0.717) is 6.61 Å². The van der Waals surface area contributed by atoms with E-state index in [1.54, 1.807) is 0 Å². The molecule has 0 fully saturated rings. The van der Waals surface area contributed by atoms with Gasteiger partial charge in [-0.15, -0.1) is 0 Å². The third kappa shape index (κ3) is 27.9. The lowest BCUT2D eigenvalue weighted by Crippen LogP contribution is -2.60. The minimum atomic E-state index is -2.61. The van der Waals surface area contributed by atoms with E-state index in [0.717, 1.165) is 24.9 Å². The van der Waals surface area contributed by atoms with Gasteiger partial charge in [-0.1, -0.05) is 103 Å². The molecule has 2 unspecified atom stereocenters. The topological polar surface area (TPSA) is 86.6 Å². The highest BCUT2D eigenvalue weighted by Gasteiger charge is 2.48. The molecule has 44 heavy (non-hydrogen) atoms. The molecule has 0 bridgehead atoms. The number of hydrogen-bond donors (Lipinski definition) is 2. The van der Waals surface area contributed by atoms with Crippen molar-refractivity contribution in [1.29, 1.82) is 0 Å². The molecule has 2 atom stereocenters. The van der Waals surface area contributed by atoms with Crippen LogP contribution in [-0.2, 0) is 21.2 Å². The molecule has 0 aliphatic carbocycles. The molecule has 0 saturated carbocycles. The van der Waals surface area contributed by atoms with Gasteiger partial charge in [0.15, 0.2) is 22.9 Å². The van der Waals surface area contributed by atoms with Crippen LogP contribution in [0.2, 0.25) is 77.6 Å². The Morgan fingerprint density at radius 2 is 0.841 bits per heavy atom. The largest absolute Gasteiger partial charge is 0.437 e. The minimum absolute atomic E-state index is 0.0728. The lowest BCUT2D eigenvalue weighted by molar-refractivity contribution is -0.0945. The average molecular weight is 713 g/mol. The first kappa shape index (κ1) is 44.8. The Balaban J connectivity index is 5.00. The van der Waals surface area contributed by atoms with E-state index < -0.39 is 48.6 Å². The summed E-state index contributed by atoms with van der Waals surface area (Å²) >= 11 is 0. The van der Waals surface area contributed by atoms with E-state index in [9.17, 15) is 0 Å². The number of rotatable bonds is 30. The summed E-state index contributed by atoms with van der Waals surface area (Å²) in [7, 11) is -11.3. The predicted molar refractivity (Wildman–Crippen MR) is 200 cm³/mol. The summed E-state index contributed by atoms with van der Waals surface area (Å²) in [5.41, 5.74) is 0. The Hall–Kier alpha value is 0.804. The molecular weight excluding hydrogens is 637 g/mol. The summed E-state index contributed by atoms with van der Waals surface area (Å²) < 4.78 is 33.1. The van der Waals surface area contributed by atoms with E-state index in [4.69, 9.17) is 31.4 Å². The van der Waals surface area contributed by atoms with Crippen LogP contribution in [0.4, 0.5) is 0 Å².